The van der Waals surface area contributed by atoms with Gasteiger partial charge in [-0.25, -0.2) is 4.98 Å². The van der Waals surface area contributed by atoms with Gasteiger partial charge in [0.1, 0.15) is 5.75 Å². The molecule has 3 rings (SSSR count). The number of anilines is 1. The first-order valence-electron chi connectivity index (χ1n) is 10.3. The van der Waals surface area contributed by atoms with Crippen molar-refractivity contribution in [1.82, 2.24) is 4.98 Å². The lowest BCUT2D eigenvalue weighted by Gasteiger charge is -2.33. The molecule has 0 saturated carbocycles. The molecule has 1 aromatic heterocycles. The highest BCUT2D eigenvalue weighted by Crippen LogP contribution is 2.36. The molecule has 0 radical (unpaired) electrons. The summed E-state index contributed by atoms with van der Waals surface area (Å²) in [6, 6.07) is 12.3. The summed E-state index contributed by atoms with van der Waals surface area (Å²) >= 11 is 1.49. The Labute approximate surface area is 183 Å². The molecule has 0 aliphatic rings. The van der Waals surface area contributed by atoms with Crippen LogP contribution in [-0.4, -0.2) is 17.5 Å². The fourth-order valence-corrected chi connectivity index (χ4v) is 5.22. The van der Waals surface area contributed by atoms with Gasteiger partial charge in [-0.05, 0) is 66.0 Å². The smallest absolute Gasteiger partial charge is 0.264 e. The maximum Gasteiger partial charge on any atom is 0.264 e. The van der Waals surface area contributed by atoms with Crippen LogP contribution in [-0.2, 0) is 10.2 Å². The van der Waals surface area contributed by atoms with Gasteiger partial charge in [-0.3, -0.25) is 10.1 Å². The number of hydrogen-bond acceptors (Lipinski definition) is 4. The molecule has 5 heteroatoms. The molecular formula is C25H32N2O2S. The van der Waals surface area contributed by atoms with E-state index in [2.05, 4.69) is 76.1 Å². The van der Waals surface area contributed by atoms with Crippen LogP contribution in [0.3, 0.4) is 0 Å². The molecule has 0 atom stereocenters. The highest BCUT2D eigenvalue weighted by molar-refractivity contribution is 7.22. The van der Waals surface area contributed by atoms with E-state index in [-0.39, 0.29) is 23.3 Å². The summed E-state index contributed by atoms with van der Waals surface area (Å²) in [5.41, 5.74) is 4.86. The van der Waals surface area contributed by atoms with E-state index in [4.69, 9.17) is 4.74 Å². The van der Waals surface area contributed by atoms with Crippen molar-refractivity contribution in [3.63, 3.8) is 0 Å². The van der Waals surface area contributed by atoms with Crippen LogP contribution in [0.25, 0.3) is 10.2 Å². The van der Waals surface area contributed by atoms with Gasteiger partial charge in [-0.15, -0.1) is 0 Å². The van der Waals surface area contributed by atoms with Crippen LogP contribution < -0.4 is 10.1 Å². The molecular weight excluding hydrogens is 392 g/mol. The molecule has 4 nitrogen and oxygen atoms in total. The Kier molecular flexibility index (Phi) is 6.23. The second-order valence-electron chi connectivity index (χ2n) is 9.93. The van der Waals surface area contributed by atoms with E-state index in [1.54, 1.807) is 0 Å². The summed E-state index contributed by atoms with van der Waals surface area (Å²) in [5.74, 6) is 0.483. The van der Waals surface area contributed by atoms with Gasteiger partial charge in [0.15, 0.2) is 11.7 Å². The Morgan fingerprint density at radius 2 is 1.73 bits per heavy atom. The number of carbonyl (C=O) groups excluding carboxylic acids is 1. The number of rotatable bonds is 6. The van der Waals surface area contributed by atoms with E-state index in [1.807, 2.05) is 19.1 Å². The first-order chi connectivity index (χ1) is 13.9. The minimum Gasteiger partial charge on any atom is -0.484 e. The molecule has 1 N–H and O–H groups in total. The van der Waals surface area contributed by atoms with E-state index in [1.165, 1.54) is 22.5 Å². The number of thiazole rings is 1. The van der Waals surface area contributed by atoms with Gasteiger partial charge in [-0.1, -0.05) is 64.2 Å². The zero-order valence-electron chi connectivity index (χ0n) is 19.1. The number of ether oxygens (including phenoxy) is 1. The summed E-state index contributed by atoms with van der Waals surface area (Å²) in [4.78, 5) is 16.9. The summed E-state index contributed by atoms with van der Waals surface area (Å²) in [6.45, 7) is 15.4. The van der Waals surface area contributed by atoms with Gasteiger partial charge in [0.05, 0.1) is 10.2 Å². The number of nitrogens with zero attached hydrogens (tertiary/aromatic N) is 1. The predicted molar refractivity (Wildman–Crippen MR) is 127 cm³/mol. The maximum absolute atomic E-state index is 12.3. The summed E-state index contributed by atoms with van der Waals surface area (Å²) < 4.78 is 6.77. The Morgan fingerprint density at radius 1 is 1.07 bits per heavy atom. The number of aromatic nitrogens is 1. The molecule has 1 amide bonds. The van der Waals surface area contributed by atoms with E-state index in [9.17, 15) is 4.79 Å². The predicted octanol–water partition coefficient (Wildman–Crippen LogP) is 6.64. The minimum absolute atomic E-state index is 0.0430. The number of benzene rings is 2. The van der Waals surface area contributed by atoms with E-state index < -0.39 is 0 Å². The highest BCUT2D eigenvalue weighted by Gasteiger charge is 2.27. The summed E-state index contributed by atoms with van der Waals surface area (Å²) in [6.07, 6.45) is 1.09. The zero-order chi connectivity index (χ0) is 22.1. The fourth-order valence-electron chi connectivity index (χ4n) is 4.16. The largest absolute Gasteiger partial charge is 0.484 e. The number of amides is 1. The van der Waals surface area contributed by atoms with Gasteiger partial charge >= 0.3 is 0 Å². The number of hydrogen-bond donors (Lipinski definition) is 1. The van der Waals surface area contributed by atoms with Gasteiger partial charge in [0, 0.05) is 0 Å². The van der Waals surface area contributed by atoms with Gasteiger partial charge in [0.25, 0.3) is 5.91 Å². The Morgan fingerprint density at radius 3 is 2.37 bits per heavy atom. The fraction of sp³-hybridized carbons (Fsp3) is 0.440. The standard InChI is InChI=1S/C25H32N2O2S/c1-16-12-17(2)22-20(13-16)30-23(27-22)26-21(28)14-29-19-10-8-18(9-11-19)25(6,7)15-24(3,4)5/h8-13H,14-15H2,1-7H3,(H,26,27,28). The topological polar surface area (TPSA) is 51.2 Å². The lowest BCUT2D eigenvalue weighted by Crippen LogP contribution is -2.24. The van der Waals surface area contributed by atoms with Crippen LogP contribution in [0.2, 0.25) is 0 Å². The van der Waals surface area contributed by atoms with Crippen molar-refractivity contribution in [3.8, 4) is 5.75 Å². The minimum atomic E-state index is -0.208. The van der Waals surface area contributed by atoms with Crippen LogP contribution in [0.4, 0.5) is 5.13 Å². The molecule has 0 fully saturated rings. The first-order valence-corrected chi connectivity index (χ1v) is 11.2. The second-order valence-corrected chi connectivity index (χ2v) is 11.0. The third-order valence-corrected chi connectivity index (χ3v) is 5.97. The van der Waals surface area contributed by atoms with Gasteiger partial charge in [0.2, 0.25) is 0 Å². The van der Waals surface area contributed by atoms with Crippen LogP contribution in [0.5, 0.6) is 5.75 Å². The van der Waals surface area contributed by atoms with E-state index in [0.29, 0.717) is 10.9 Å². The molecule has 30 heavy (non-hydrogen) atoms. The number of fused-ring (bicyclic) bond motifs is 1. The van der Waals surface area contributed by atoms with Crippen LogP contribution in [0, 0.1) is 19.3 Å². The zero-order valence-corrected chi connectivity index (χ0v) is 19.9. The number of nitrogens with one attached hydrogen (secondary N) is 1. The number of carbonyl (C=O) groups is 1. The third-order valence-electron chi connectivity index (χ3n) is 5.05. The maximum atomic E-state index is 12.3. The Bertz CT molecular complexity index is 1040. The molecule has 1 heterocycles. The first kappa shape index (κ1) is 22.3. The van der Waals surface area contributed by atoms with Crippen LogP contribution >= 0.6 is 11.3 Å². The average Bonchev–Trinajstić information content (AvgIpc) is 3.01. The normalized spacial score (nSPS) is 12.2. The molecule has 0 unspecified atom stereocenters. The summed E-state index contributed by atoms with van der Waals surface area (Å²) in [7, 11) is 0. The molecule has 0 spiro atoms. The van der Waals surface area contributed by atoms with Crippen molar-refractivity contribution < 1.29 is 9.53 Å². The van der Waals surface area contributed by atoms with Gasteiger partial charge in [-0.2, -0.15) is 0 Å². The molecule has 0 saturated heterocycles. The quantitative estimate of drug-likeness (QED) is 0.482. The SMILES string of the molecule is Cc1cc(C)c2nc(NC(=O)COc3ccc(C(C)(C)CC(C)(C)C)cc3)sc2c1. The lowest BCUT2D eigenvalue weighted by atomic mass is 9.72. The van der Waals surface area contributed by atoms with Gasteiger partial charge < -0.3 is 4.74 Å². The van der Waals surface area contributed by atoms with Crippen molar-refractivity contribution in [2.75, 3.05) is 11.9 Å². The molecule has 0 aliphatic heterocycles. The van der Waals surface area contributed by atoms with E-state index >= 15 is 0 Å². The molecule has 2 aromatic carbocycles. The van der Waals surface area contributed by atoms with Crippen molar-refractivity contribution in [2.45, 2.75) is 60.3 Å². The molecule has 3 aromatic rings. The van der Waals surface area contributed by atoms with Crippen LogP contribution in [0.15, 0.2) is 36.4 Å². The highest BCUT2D eigenvalue weighted by atomic mass is 32.1. The Balaban J connectivity index is 1.59. The monoisotopic (exact) mass is 424 g/mol. The second kappa shape index (κ2) is 8.38. The number of aryl methyl sites for hydroxylation is 2. The third kappa shape index (κ3) is 5.60. The molecule has 0 bridgehead atoms. The molecule has 0 aliphatic carbocycles. The van der Waals surface area contributed by atoms with Crippen LogP contribution in [0.1, 0.15) is 57.7 Å². The average molecular weight is 425 g/mol. The van der Waals surface area contributed by atoms with Crippen molar-refractivity contribution in [1.29, 1.82) is 0 Å². The summed E-state index contributed by atoms with van der Waals surface area (Å²) in [5, 5.41) is 3.46. The molecule has 160 valence electrons. The lowest BCUT2D eigenvalue weighted by molar-refractivity contribution is -0.118. The Hall–Kier alpha value is -2.40. The van der Waals surface area contributed by atoms with Crippen molar-refractivity contribution in [3.05, 3.63) is 53.1 Å². The van der Waals surface area contributed by atoms with Crippen molar-refractivity contribution in [2.24, 2.45) is 5.41 Å². The van der Waals surface area contributed by atoms with E-state index in [0.717, 1.165) is 22.2 Å². The van der Waals surface area contributed by atoms with Crippen molar-refractivity contribution >= 4 is 32.6 Å².